The first kappa shape index (κ1) is 13.7. The highest BCUT2D eigenvalue weighted by molar-refractivity contribution is 7.80. The summed E-state index contributed by atoms with van der Waals surface area (Å²) in [7, 11) is 0. The SMILES string of the molecule is CCOC(=O)CN(c1nnccc1C(N)=S)C1CC1. The molecule has 2 N–H and O–H groups in total. The predicted octanol–water partition coefficient (Wildman–Crippen LogP) is 0.643. The molecular weight excluding hydrogens is 264 g/mol. The van der Waals surface area contributed by atoms with Crippen molar-refractivity contribution in [3.05, 3.63) is 17.8 Å². The largest absolute Gasteiger partial charge is 0.465 e. The number of carbonyl (C=O) groups is 1. The summed E-state index contributed by atoms with van der Waals surface area (Å²) in [5.41, 5.74) is 6.32. The van der Waals surface area contributed by atoms with E-state index in [0.29, 0.717) is 18.0 Å². The van der Waals surface area contributed by atoms with Crippen molar-refractivity contribution in [3.8, 4) is 0 Å². The van der Waals surface area contributed by atoms with E-state index in [0.717, 1.165) is 12.8 Å². The van der Waals surface area contributed by atoms with Crippen LogP contribution < -0.4 is 10.6 Å². The summed E-state index contributed by atoms with van der Waals surface area (Å²) < 4.78 is 4.98. The Kier molecular flexibility index (Phi) is 4.26. The average molecular weight is 280 g/mol. The number of anilines is 1. The van der Waals surface area contributed by atoms with E-state index in [1.54, 1.807) is 13.0 Å². The molecule has 0 radical (unpaired) electrons. The number of carbonyl (C=O) groups excluding carboxylic acids is 1. The molecule has 19 heavy (non-hydrogen) atoms. The molecular formula is C12H16N4O2S. The fourth-order valence-electron chi connectivity index (χ4n) is 1.84. The molecule has 0 saturated heterocycles. The summed E-state index contributed by atoms with van der Waals surface area (Å²) in [5.74, 6) is 0.277. The third-order valence-electron chi connectivity index (χ3n) is 2.83. The fourth-order valence-corrected chi connectivity index (χ4v) is 2.00. The molecule has 0 bridgehead atoms. The zero-order chi connectivity index (χ0) is 13.8. The molecule has 1 heterocycles. The third-order valence-corrected chi connectivity index (χ3v) is 3.05. The Labute approximate surface area is 116 Å². The lowest BCUT2D eigenvalue weighted by Gasteiger charge is -2.23. The van der Waals surface area contributed by atoms with Crippen molar-refractivity contribution < 1.29 is 9.53 Å². The van der Waals surface area contributed by atoms with Crippen molar-refractivity contribution in [1.29, 1.82) is 0 Å². The Hall–Kier alpha value is -1.76. The zero-order valence-electron chi connectivity index (χ0n) is 10.7. The van der Waals surface area contributed by atoms with Gasteiger partial charge in [-0.1, -0.05) is 12.2 Å². The van der Waals surface area contributed by atoms with Crippen LogP contribution in [0.5, 0.6) is 0 Å². The first-order valence-electron chi connectivity index (χ1n) is 6.17. The maximum Gasteiger partial charge on any atom is 0.325 e. The van der Waals surface area contributed by atoms with Gasteiger partial charge in [0.15, 0.2) is 5.82 Å². The molecule has 1 aromatic rings. The normalized spacial score (nSPS) is 13.9. The van der Waals surface area contributed by atoms with Gasteiger partial charge < -0.3 is 15.4 Å². The van der Waals surface area contributed by atoms with Gasteiger partial charge in [0.25, 0.3) is 0 Å². The van der Waals surface area contributed by atoms with Gasteiger partial charge in [-0.05, 0) is 25.8 Å². The Morgan fingerprint density at radius 3 is 2.95 bits per heavy atom. The van der Waals surface area contributed by atoms with Crippen molar-refractivity contribution in [2.75, 3.05) is 18.1 Å². The monoisotopic (exact) mass is 280 g/mol. The van der Waals surface area contributed by atoms with Crippen LogP contribution in [0.3, 0.4) is 0 Å². The van der Waals surface area contributed by atoms with E-state index in [2.05, 4.69) is 10.2 Å². The number of thiocarbonyl (C=S) groups is 1. The standard InChI is InChI=1S/C12H16N4O2S/c1-2-18-10(17)7-16(8-3-4-8)12-9(11(13)19)5-6-14-15-12/h5-6,8H,2-4,7H2,1H3,(H2,13,19). The van der Waals surface area contributed by atoms with Gasteiger partial charge in [0, 0.05) is 6.04 Å². The molecule has 1 fully saturated rings. The number of hydrogen-bond donors (Lipinski definition) is 1. The Balaban J connectivity index is 2.24. The number of rotatable bonds is 6. The van der Waals surface area contributed by atoms with Crippen LogP contribution in [-0.2, 0) is 9.53 Å². The molecule has 102 valence electrons. The number of esters is 1. The molecule has 0 aromatic carbocycles. The van der Waals surface area contributed by atoms with Crippen LogP contribution in [-0.4, -0.2) is 40.3 Å². The van der Waals surface area contributed by atoms with Crippen LogP contribution in [0.1, 0.15) is 25.3 Å². The predicted molar refractivity (Wildman–Crippen MR) is 74.9 cm³/mol. The Morgan fingerprint density at radius 1 is 1.63 bits per heavy atom. The number of hydrogen-bond acceptors (Lipinski definition) is 6. The molecule has 1 aliphatic carbocycles. The maximum absolute atomic E-state index is 11.7. The number of ether oxygens (including phenoxy) is 1. The molecule has 1 aromatic heterocycles. The fraction of sp³-hybridized carbons (Fsp3) is 0.500. The highest BCUT2D eigenvalue weighted by Gasteiger charge is 2.33. The summed E-state index contributed by atoms with van der Waals surface area (Å²) >= 11 is 5.01. The second kappa shape index (κ2) is 5.92. The van der Waals surface area contributed by atoms with Crippen LogP contribution in [0.15, 0.2) is 12.3 Å². The second-order valence-corrected chi connectivity index (χ2v) is 4.74. The quantitative estimate of drug-likeness (QED) is 0.605. The van der Waals surface area contributed by atoms with Gasteiger partial charge in [-0.3, -0.25) is 4.79 Å². The Morgan fingerprint density at radius 2 is 2.37 bits per heavy atom. The highest BCUT2D eigenvalue weighted by atomic mass is 32.1. The minimum atomic E-state index is -0.283. The summed E-state index contributed by atoms with van der Waals surface area (Å²) in [4.78, 5) is 13.8. The molecule has 0 amide bonds. The molecule has 6 nitrogen and oxygen atoms in total. The van der Waals surface area contributed by atoms with E-state index in [1.165, 1.54) is 6.20 Å². The first-order chi connectivity index (χ1) is 9.13. The van der Waals surface area contributed by atoms with Crippen LogP contribution in [0.25, 0.3) is 0 Å². The minimum Gasteiger partial charge on any atom is -0.465 e. The lowest BCUT2D eigenvalue weighted by molar-refractivity contribution is -0.141. The summed E-state index contributed by atoms with van der Waals surface area (Å²) in [5, 5.41) is 7.93. The lowest BCUT2D eigenvalue weighted by atomic mass is 10.2. The molecule has 1 saturated carbocycles. The number of aromatic nitrogens is 2. The van der Waals surface area contributed by atoms with Gasteiger partial charge in [0.1, 0.15) is 11.5 Å². The van der Waals surface area contributed by atoms with Crippen LogP contribution in [0, 0.1) is 0 Å². The molecule has 0 aliphatic heterocycles. The van der Waals surface area contributed by atoms with Crippen molar-refractivity contribution in [2.24, 2.45) is 5.73 Å². The molecule has 0 spiro atoms. The second-order valence-electron chi connectivity index (χ2n) is 4.30. The van der Waals surface area contributed by atoms with Crippen molar-refractivity contribution in [3.63, 3.8) is 0 Å². The van der Waals surface area contributed by atoms with Gasteiger partial charge in [0.05, 0.1) is 18.4 Å². The van der Waals surface area contributed by atoms with E-state index in [4.69, 9.17) is 22.7 Å². The summed E-state index contributed by atoms with van der Waals surface area (Å²) in [6.07, 6.45) is 3.58. The van der Waals surface area contributed by atoms with E-state index in [1.807, 2.05) is 4.90 Å². The molecule has 7 heteroatoms. The average Bonchev–Trinajstić information content (AvgIpc) is 3.20. The van der Waals surface area contributed by atoms with Crippen molar-refractivity contribution in [2.45, 2.75) is 25.8 Å². The van der Waals surface area contributed by atoms with Crippen molar-refractivity contribution >= 4 is 29.0 Å². The zero-order valence-corrected chi connectivity index (χ0v) is 11.5. The van der Waals surface area contributed by atoms with E-state index in [9.17, 15) is 4.79 Å². The number of nitrogens with zero attached hydrogens (tertiary/aromatic N) is 3. The van der Waals surface area contributed by atoms with Gasteiger partial charge in [-0.15, -0.1) is 5.10 Å². The first-order valence-corrected chi connectivity index (χ1v) is 6.58. The van der Waals surface area contributed by atoms with E-state index >= 15 is 0 Å². The summed E-state index contributed by atoms with van der Waals surface area (Å²) in [6.45, 7) is 2.29. The molecule has 1 aliphatic rings. The Bertz CT molecular complexity index is 490. The smallest absolute Gasteiger partial charge is 0.325 e. The van der Waals surface area contributed by atoms with Crippen LogP contribution in [0.4, 0.5) is 5.82 Å². The third kappa shape index (κ3) is 3.37. The van der Waals surface area contributed by atoms with E-state index < -0.39 is 0 Å². The number of nitrogens with two attached hydrogens (primary N) is 1. The lowest BCUT2D eigenvalue weighted by Crippen LogP contribution is -2.35. The topological polar surface area (TPSA) is 81.3 Å². The van der Waals surface area contributed by atoms with Gasteiger partial charge >= 0.3 is 5.97 Å². The van der Waals surface area contributed by atoms with Crippen LogP contribution in [0.2, 0.25) is 0 Å². The van der Waals surface area contributed by atoms with Crippen LogP contribution >= 0.6 is 12.2 Å². The molecule has 2 rings (SSSR count). The molecule has 0 unspecified atom stereocenters. The van der Waals surface area contributed by atoms with Crippen molar-refractivity contribution in [1.82, 2.24) is 10.2 Å². The van der Waals surface area contributed by atoms with Gasteiger partial charge in [0.2, 0.25) is 0 Å². The highest BCUT2D eigenvalue weighted by Crippen LogP contribution is 2.31. The maximum atomic E-state index is 11.7. The minimum absolute atomic E-state index is 0.146. The summed E-state index contributed by atoms with van der Waals surface area (Å²) in [6, 6.07) is 2.00. The van der Waals surface area contributed by atoms with E-state index in [-0.39, 0.29) is 23.5 Å². The van der Waals surface area contributed by atoms with Gasteiger partial charge in [-0.25, -0.2) is 0 Å². The molecule has 0 atom stereocenters. The van der Waals surface area contributed by atoms with Gasteiger partial charge in [-0.2, -0.15) is 5.10 Å².